The molecule has 0 saturated carbocycles. The Balaban J connectivity index is 0.00000135. The van der Waals surface area contributed by atoms with Crippen LogP contribution in [0.15, 0.2) is 49.2 Å². The summed E-state index contributed by atoms with van der Waals surface area (Å²) in [5.74, 6) is 0. The maximum Gasteiger partial charge on any atom is 0.220 e. The van der Waals surface area contributed by atoms with Gasteiger partial charge in [0.25, 0.3) is 0 Å². The van der Waals surface area contributed by atoms with Crippen LogP contribution in [0, 0.1) is 6.92 Å². The first-order valence-electron chi connectivity index (χ1n) is 7.42. The topological polar surface area (TPSA) is 14.1 Å². The minimum absolute atomic E-state index is 0. The highest BCUT2D eigenvalue weighted by molar-refractivity contribution is 7.26. The van der Waals surface area contributed by atoms with Gasteiger partial charge in [0.2, 0.25) is 5.52 Å². The molecule has 2 aromatic heterocycles. The summed E-state index contributed by atoms with van der Waals surface area (Å²) in [5.41, 5.74) is 3.73. The van der Waals surface area contributed by atoms with Crippen LogP contribution in [0.25, 0.3) is 47.9 Å². The first-order chi connectivity index (χ1) is 10.8. The average Bonchev–Trinajstić information content (AvgIpc) is 2.92. The number of aryl methyl sites for hydroxylation is 1. The second-order valence-corrected chi connectivity index (χ2v) is 6.88. The number of nitrogens with one attached hydrogen (secondary N) is 1. The van der Waals surface area contributed by atoms with E-state index in [4.69, 9.17) is 0 Å². The molecule has 0 spiro atoms. The summed E-state index contributed by atoms with van der Waals surface area (Å²) in [6, 6.07) is 13.2. The lowest BCUT2D eigenvalue weighted by atomic mass is 9.92. The number of hydrogen-bond acceptors (Lipinski definition) is 1. The van der Waals surface area contributed by atoms with Crippen molar-refractivity contribution in [1.82, 2.24) is 0 Å². The zero-order valence-corrected chi connectivity index (χ0v) is 15.6. The normalized spacial score (nSPS) is 11.5. The van der Waals surface area contributed by atoms with Crippen LogP contribution < -0.4 is 29.0 Å². The zero-order chi connectivity index (χ0) is 14.8. The first-order valence-corrected chi connectivity index (χ1v) is 8.24. The predicted octanol–water partition coefficient (Wildman–Crippen LogP) is 2.57. The molecule has 0 aliphatic rings. The molecule has 3 aromatic carbocycles. The number of benzene rings is 3. The number of rotatable bonds is 1. The molecule has 0 aliphatic carbocycles. The predicted molar refractivity (Wildman–Crippen MR) is 96.9 cm³/mol. The number of hydrogen-bond donors (Lipinski definition) is 0. The van der Waals surface area contributed by atoms with Gasteiger partial charge in [-0.25, -0.2) is 4.98 Å². The molecular weight excluding hydrogens is 413 g/mol. The Morgan fingerprint density at radius 2 is 1.78 bits per heavy atom. The molecule has 0 atom stereocenters. The highest BCUT2D eigenvalue weighted by atomic mass is 127. The molecule has 0 radical (unpaired) electrons. The maximum atomic E-state index is 4.02. The van der Waals surface area contributed by atoms with Gasteiger partial charge in [-0.1, -0.05) is 30.9 Å². The van der Waals surface area contributed by atoms with Crippen molar-refractivity contribution in [3.8, 4) is 0 Å². The number of pyridine rings is 1. The van der Waals surface area contributed by atoms with Gasteiger partial charge in [0.05, 0.1) is 10.8 Å². The molecule has 0 saturated heterocycles. The van der Waals surface area contributed by atoms with Gasteiger partial charge < -0.3 is 24.0 Å². The Labute approximate surface area is 155 Å². The Morgan fingerprint density at radius 3 is 2.61 bits per heavy atom. The van der Waals surface area contributed by atoms with Crippen LogP contribution in [0.5, 0.6) is 0 Å². The SMILES string of the molecule is C=Cc1ccc2sc3cccc4c5c(C)cc[nH+]c5c1c2c34.[I-]. The summed E-state index contributed by atoms with van der Waals surface area (Å²) in [6.45, 7) is 6.21. The number of H-pyrrole nitrogens is 1. The first kappa shape index (κ1) is 14.8. The lowest BCUT2D eigenvalue weighted by Gasteiger charge is -2.09. The molecule has 1 N–H and O–H groups in total. The van der Waals surface area contributed by atoms with Crippen LogP contribution in [-0.4, -0.2) is 0 Å². The third-order valence-corrected chi connectivity index (χ3v) is 5.76. The molecule has 5 aromatic rings. The summed E-state index contributed by atoms with van der Waals surface area (Å²) >= 11 is 1.88. The summed E-state index contributed by atoms with van der Waals surface area (Å²) in [7, 11) is 0. The smallest absolute Gasteiger partial charge is 0.220 e. The molecule has 0 aliphatic heterocycles. The van der Waals surface area contributed by atoms with Crippen molar-refractivity contribution in [3.63, 3.8) is 0 Å². The van der Waals surface area contributed by atoms with E-state index in [1.807, 2.05) is 23.6 Å². The van der Waals surface area contributed by atoms with Gasteiger partial charge in [0.1, 0.15) is 0 Å². The van der Waals surface area contributed by atoms with E-state index in [1.165, 1.54) is 53.0 Å². The molecule has 0 fully saturated rings. The monoisotopic (exact) mass is 427 g/mol. The molecule has 23 heavy (non-hydrogen) atoms. The minimum Gasteiger partial charge on any atom is -1.00 e. The molecule has 5 rings (SSSR count). The van der Waals surface area contributed by atoms with Gasteiger partial charge >= 0.3 is 0 Å². The summed E-state index contributed by atoms with van der Waals surface area (Å²) in [4.78, 5) is 3.49. The molecular formula is C20H14INS. The van der Waals surface area contributed by atoms with Gasteiger partial charge in [-0.3, -0.25) is 0 Å². The Kier molecular flexibility index (Phi) is 3.32. The van der Waals surface area contributed by atoms with Gasteiger partial charge in [0, 0.05) is 26.2 Å². The second kappa shape index (κ2) is 5.14. The Morgan fingerprint density at radius 1 is 0.957 bits per heavy atom. The van der Waals surface area contributed by atoms with Gasteiger partial charge in [0.15, 0.2) is 6.20 Å². The van der Waals surface area contributed by atoms with Crippen molar-refractivity contribution >= 4 is 59.3 Å². The maximum absolute atomic E-state index is 4.02. The number of thiophene rings is 1. The average molecular weight is 427 g/mol. The molecule has 0 bridgehead atoms. The fourth-order valence-electron chi connectivity index (χ4n) is 3.72. The van der Waals surface area contributed by atoms with E-state index in [0.717, 1.165) is 0 Å². The van der Waals surface area contributed by atoms with E-state index in [-0.39, 0.29) is 24.0 Å². The van der Waals surface area contributed by atoms with Crippen LogP contribution in [0.1, 0.15) is 11.1 Å². The van der Waals surface area contributed by atoms with Crippen molar-refractivity contribution < 1.29 is 29.0 Å². The number of aromatic nitrogens is 1. The fourth-order valence-corrected chi connectivity index (χ4v) is 4.86. The molecule has 2 heterocycles. The molecule has 112 valence electrons. The van der Waals surface area contributed by atoms with Crippen molar-refractivity contribution in [1.29, 1.82) is 0 Å². The van der Waals surface area contributed by atoms with E-state index in [0.29, 0.717) is 0 Å². The highest BCUT2D eigenvalue weighted by Crippen LogP contribution is 2.45. The summed E-state index contributed by atoms with van der Waals surface area (Å²) in [5, 5.41) is 6.76. The van der Waals surface area contributed by atoms with Gasteiger partial charge in [-0.2, -0.15) is 0 Å². The van der Waals surface area contributed by atoms with E-state index >= 15 is 0 Å². The van der Waals surface area contributed by atoms with Crippen molar-refractivity contribution in [2.75, 3.05) is 0 Å². The minimum atomic E-state index is 0. The molecule has 0 unspecified atom stereocenters. The molecule has 0 amide bonds. The Bertz CT molecular complexity index is 1200. The lowest BCUT2D eigenvalue weighted by molar-refractivity contribution is -0.343. The third kappa shape index (κ3) is 1.80. The van der Waals surface area contributed by atoms with Crippen LogP contribution in [-0.2, 0) is 0 Å². The summed E-state index contributed by atoms with van der Waals surface area (Å²) < 4.78 is 2.72. The van der Waals surface area contributed by atoms with Crippen LogP contribution in [0.2, 0.25) is 0 Å². The van der Waals surface area contributed by atoms with E-state index in [9.17, 15) is 0 Å². The van der Waals surface area contributed by atoms with Crippen LogP contribution in [0.4, 0.5) is 0 Å². The number of fused-ring (bicyclic) bond motifs is 3. The van der Waals surface area contributed by atoms with E-state index in [1.54, 1.807) is 0 Å². The highest BCUT2D eigenvalue weighted by Gasteiger charge is 2.21. The largest absolute Gasteiger partial charge is 1.00 e. The fraction of sp³-hybridized carbons (Fsp3) is 0.0500. The van der Waals surface area contributed by atoms with E-state index in [2.05, 4.69) is 54.9 Å². The Hall–Kier alpha value is -1.72. The standard InChI is InChI=1S/C20H13NS.HI/c1-3-12-7-8-15-19-17(12)20-16(11(2)9-10-21-20)13-5-4-6-14(22-15)18(13)19;/h3-10H,1H2,2H3;1H. The van der Waals surface area contributed by atoms with Crippen molar-refractivity contribution in [2.45, 2.75) is 6.92 Å². The van der Waals surface area contributed by atoms with Crippen molar-refractivity contribution in [3.05, 3.63) is 60.3 Å². The quantitative estimate of drug-likeness (QED) is 0.289. The van der Waals surface area contributed by atoms with Crippen molar-refractivity contribution in [2.24, 2.45) is 0 Å². The molecule has 3 heteroatoms. The molecule has 1 nitrogen and oxygen atoms in total. The number of halogens is 1. The third-order valence-electron chi connectivity index (χ3n) is 4.64. The van der Waals surface area contributed by atoms with Crippen LogP contribution >= 0.6 is 11.3 Å². The van der Waals surface area contributed by atoms with Gasteiger partial charge in [-0.05, 0) is 35.6 Å². The second-order valence-electron chi connectivity index (χ2n) is 5.80. The summed E-state index contributed by atoms with van der Waals surface area (Å²) in [6.07, 6.45) is 4.00. The lowest BCUT2D eigenvalue weighted by Crippen LogP contribution is -3.00. The zero-order valence-electron chi connectivity index (χ0n) is 12.6. The van der Waals surface area contributed by atoms with Gasteiger partial charge in [-0.15, -0.1) is 11.3 Å². The number of aromatic amines is 1. The van der Waals surface area contributed by atoms with E-state index < -0.39 is 0 Å². The van der Waals surface area contributed by atoms with Crippen LogP contribution in [0.3, 0.4) is 0 Å².